The predicted octanol–water partition coefficient (Wildman–Crippen LogP) is 2.75. The summed E-state index contributed by atoms with van der Waals surface area (Å²) in [6, 6.07) is 10.3. The minimum absolute atomic E-state index is 0.665. The molecule has 0 saturated heterocycles. The van der Waals surface area contributed by atoms with Crippen LogP contribution in [-0.4, -0.2) is 24.7 Å². The SMILES string of the molecule is CCCNCCOCc1ccc2ncccc2c1. The van der Waals surface area contributed by atoms with Crippen LogP contribution >= 0.6 is 0 Å². The molecule has 0 radical (unpaired) electrons. The third kappa shape index (κ3) is 3.79. The van der Waals surface area contributed by atoms with Gasteiger partial charge in [-0.15, -0.1) is 0 Å². The molecule has 1 aromatic carbocycles. The molecule has 0 atom stereocenters. The fourth-order valence-corrected chi connectivity index (χ4v) is 1.85. The summed E-state index contributed by atoms with van der Waals surface area (Å²) in [5.41, 5.74) is 2.23. The first-order valence-corrected chi connectivity index (χ1v) is 6.52. The van der Waals surface area contributed by atoms with Crippen LogP contribution in [0.5, 0.6) is 0 Å². The zero-order valence-corrected chi connectivity index (χ0v) is 10.9. The Morgan fingerprint density at radius 3 is 3.06 bits per heavy atom. The molecular formula is C15H20N2O. The van der Waals surface area contributed by atoms with Gasteiger partial charge in [-0.3, -0.25) is 4.98 Å². The van der Waals surface area contributed by atoms with Crippen molar-refractivity contribution < 1.29 is 4.74 Å². The van der Waals surface area contributed by atoms with E-state index in [-0.39, 0.29) is 0 Å². The fraction of sp³-hybridized carbons (Fsp3) is 0.400. The Labute approximate surface area is 108 Å². The summed E-state index contributed by atoms with van der Waals surface area (Å²) in [4.78, 5) is 4.30. The predicted molar refractivity (Wildman–Crippen MR) is 74.6 cm³/mol. The van der Waals surface area contributed by atoms with Gasteiger partial charge in [0.1, 0.15) is 0 Å². The number of benzene rings is 1. The van der Waals surface area contributed by atoms with E-state index in [1.165, 1.54) is 10.9 Å². The molecule has 0 spiro atoms. The largest absolute Gasteiger partial charge is 0.375 e. The van der Waals surface area contributed by atoms with Crippen LogP contribution in [0.2, 0.25) is 0 Å². The lowest BCUT2D eigenvalue weighted by Crippen LogP contribution is -2.20. The van der Waals surface area contributed by atoms with E-state index in [1.807, 2.05) is 18.3 Å². The smallest absolute Gasteiger partial charge is 0.0717 e. The molecule has 0 amide bonds. The van der Waals surface area contributed by atoms with Crippen LogP contribution in [0, 0.1) is 0 Å². The summed E-state index contributed by atoms with van der Waals surface area (Å²) in [6.07, 6.45) is 2.98. The van der Waals surface area contributed by atoms with Gasteiger partial charge in [0, 0.05) is 18.1 Å². The van der Waals surface area contributed by atoms with Crippen LogP contribution in [0.3, 0.4) is 0 Å². The second-order valence-electron chi connectivity index (χ2n) is 4.33. The monoisotopic (exact) mass is 244 g/mol. The molecule has 0 fully saturated rings. The van der Waals surface area contributed by atoms with E-state index in [9.17, 15) is 0 Å². The lowest BCUT2D eigenvalue weighted by molar-refractivity contribution is 0.123. The summed E-state index contributed by atoms with van der Waals surface area (Å²) >= 11 is 0. The number of hydrogen-bond donors (Lipinski definition) is 1. The van der Waals surface area contributed by atoms with Crippen molar-refractivity contribution in [2.45, 2.75) is 20.0 Å². The van der Waals surface area contributed by atoms with Gasteiger partial charge in [-0.05, 0) is 36.7 Å². The van der Waals surface area contributed by atoms with Gasteiger partial charge in [-0.1, -0.05) is 19.1 Å². The Hall–Kier alpha value is -1.45. The Balaban J connectivity index is 1.81. The van der Waals surface area contributed by atoms with Gasteiger partial charge in [0.25, 0.3) is 0 Å². The molecule has 18 heavy (non-hydrogen) atoms. The summed E-state index contributed by atoms with van der Waals surface area (Å²) in [5.74, 6) is 0. The van der Waals surface area contributed by atoms with Crippen LogP contribution in [0.1, 0.15) is 18.9 Å². The van der Waals surface area contributed by atoms with Gasteiger partial charge in [-0.25, -0.2) is 0 Å². The van der Waals surface area contributed by atoms with Gasteiger partial charge in [-0.2, -0.15) is 0 Å². The zero-order chi connectivity index (χ0) is 12.6. The molecule has 1 heterocycles. The molecule has 0 unspecified atom stereocenters. The van der Waals surface area contributed by atoms with Gasteiger partial charge in [0.15, 0.2) is 0 Å². The number of pyridine rings is 1. The van der Waals surface area contributed by atoms with Gasteiger partial charge >= 0.3 is 0 Å². The quantitative estimate of drug-likeness (QED) is 0.760. The van der Waals surface area contributed by atoms with E-state index in [2.05, 4.69) is 35.4 Å². The van der Waals surface area contributed by atoms with E-state index < -0.39 is 0 Å². The van der Waals surface area contributed by atoms with Crippen LogP contribution in [0.4, 0.5) is 0 Å². The summed E-state index contributed by atoms with van der Waals surface area (Å²) in [7, 11) is 0. The van der Waals surface area contributed by atoms with Crippen molar-refractivity contribution in [2.24, 2.45) is 0 Å². The molecule has 0 aliphatic carbocycles. The Kier molecular flexibility index (Phi) is 5.12. The number of aromatic nitrogens is 1. The molecule has 0 saturated carbocycles. The van der Waals surface area contributed by atoms with Gasteiger partial charge in [0.05, 0.1) is 18.7 Å². The second-order valence-corrected chi connectivity index (χ2v) is 4.33. The first-order chi connectivity index (χ1) is 8.90. The Morgan fingerprint density at radius 1 is 1.22 bits per heavy atom. The lowest BCUT2D eigenvalue weighted by atomic mass is 10.1. The highest BCUT2D eigenvalue weighted by molar-refractivity contribution is 5.78. The second kappa shape index (κ2) is 7.09. The maximum absolute atomic E-state index is 5.63. The van der Waals surface area contributed by atoms with Crippen molar-refractivity contribution in [3.05, 3.63) is 42.1 Å². The zero-order valence-electron chi connectivity index (χ0n) is 10.9. The van der Waals surface area contributed by atoms with Crippen molar-refractivity contribution in [3.8, 4) is 0 Å². The molecule has 0 aliphatic rings. The number of rotatable bonds is 7. The molecule has 2 aromatic rings. The van der Waals surface area contributed by atoms with Crippen molar-refractivity contribution >= 4 is 10.9 Å². The first-order valence-electron chi connectivity index (χ1n) is 6.52. The number of hydrogen-bond acceptors (Lipinski definition) is 3. The highest BCUT2D eigenvalue weighted by Crippen LogP contribution is 2.13. The Bertz CT molecular complexity index is 485. The van der Waals surface area contributed by atoms with Crippen molar-refractivity contribution in [2.75, 3.05) is 19.7 Å². The molecule has 3 heteroatoms. The molecule has 0 aliphatic heterocycles. The topological polar surface area (TPSA) is 34.1 Å². The number of fused-ring (bicyclic) bond motifs is 1. The lowest BCUT2D eigenvalue weighted by Gasteiger charge is -2.06. The van der Waals surface area contributed by atoms with Crippen LogP contribution in [-0.2, 0) is 11.3 Å². The molecule has 0 bridgehead atoms. The van der Waals surface area contributed by atoms with E-state index in [1.54, 1.807) is 0 Å². The number of nitrogens with zero attached hydrogens (tertiary/aromatic N) is 1. The van der Waals surface area contributed by atoms with E-state index in [0.29, 0.717) is 6.61 Å². The maximum atomic E-state index is 5.63. The fourth-order valence-electron chi connectivity index (χ4n) is 1.85. The molecule has 1 N–H and O–H groups in total. The van der Waals surface area contributed by atoms with Crippen molar-refractivity contribution in [3.63, 3.8) is 0 Å². The highest BCUT2D eigenvalue weighted by atomic mass is 16.5. The van der Waals surface area contributed by atoms with E-state index >= 15 is 0 Å². The molecule has 3 nitrogen and oxygen atoms in total. The van der Waals surface area contributed by atoms with Crippen LogP contribution in [0.15, 0.2) is 36.5 Å². The minimum atomic E-state index is 0.665. The van der Waals surface area contributed by atoms with E-state index in [4.69, 9.17) is 4.74 Å². The summed E-state index contributed by atoms with van der Waals surface area (Å²) in [5, 5.41) is 4.49. The maximum Gasteiger partial charge on any atom is 0.0717 e. The molecule has 96 valence electrons. The Morgan fingerprint density at radius 2 is 2.17 bits per heavy atom. The van der Waals surface area contributed by atoms with Crippen molar-refractivity contribution in [1.29, 1.82) is 0 Å². The standard InChI is InChI=1S/C15H20N2O/c1-2-7-16-9-10-18-12-13-5-6-15-14(11-13)4-3-8-17-15/h3-6,8,11,16H,2,7,9-10,12H2,1H3. The molecule has 2 rings (SSSR count). The van der Waals surface area contributed by atoms with E-state index in [0.717, 1.165) is 31.6 Å². The van der Waals surface area contributed by atoms with Gasteiger partial charge < -0.3 is 10.1 Å². The first kappa shape index (κ1) is 13.0. The third-order valence-corrected chi connectivity index (χ3v) is 2.79. The summed E-state index contributed by atoms with van der Waals surface area (Å²) in [6.45, 7) is 5.56. The highest BCUT2D eigenvalue weighted by Gasteiger charge is 1.97. The number of ether oxygens (including phenoxy) is 1. The van der Waals surface area contributed by atoms with Crippen LogP contribution < -0.4 is 5.32 Å². The average molecular weight is 244 g/mol. The summed E-state index contributed by atoms with van der Waals surface area (Å²) < 4.78 is 5.63. The normalized spacial score (nSPS) is 10.9. The van der Waals surface area contributed by atoms with Crippen molar-refractivity contribution in [1.82, 2.24) is 10.3 Å². The molecular weight excluding hydrogens is 224 g/mol. The average Bonchev–Trinajstić information content (AvgIpc) is 2.42. The molecule has 1 aromatic heterocycles. The third-order valence-electron chi connectivity index (χ3n) is 2.79. The minimum Gasteiger partial charge on any atom is -0.375 e. The number of nitrogens with one attached hydrogen (secondary N) is 1. The van der Waals surface area contributed by atoms with Crippen LogP contribution in [0.25, 0.3) is 10.9 Å². The van der Waals surface area contributed by atoms with Gasteiger partial charge in [0.2, 0.25) is 0 Å².